The molecule has 0 unspecified atom stereocenters. The van der Waals surface area contributed by atoms with Gasteiger partial charge in [-0.15, -0.1) is 11.3 Å². The van der Waals surface area contributed by atoms with Gasteiger partial charge in [-0.3, -0.25) is 10.1 Å². The van der Waals surface area contributed by atoms with Crippen LogP contribution in [0.5, 0.6) is 0 Å². The third-order valence-corrected chi connectivity index (χ3v) is 4.03. The summed E-state index contributed by atoms with van der Waals surface area (Å²) in [6.07, 6.45) is 4.76. The minimum absolute atomic E-state index is 0.319. The molecule has 0 saturated heterocycles. The summed E-state index contributed by atoms with van der Waals surface area (Å²) in [6, 6.07) is 12.5. The second-order valence-electron chi connectivity index (χ2n) is 4.47. The molecule has 2 heterocycles. The molecule has 23 heavy (non-hydrogen) atoms. The summed E-state index contributed by atoms with van der Waals surface area (Å²) in [5.41, 5.74) is 1.27. The van der Waals surface area contributed by atoms with Crippen molar-refractivity contribution in [3.8, 4) is 6.07 Å². The van der Waals surface area contributed by atoms with E-state index in [1.54, 1.807) is 18.2 Å². The van der Waals surface area contributed by atoms with E-state index in [9.17, 15) is 15.4 Å². The van der Waals surface area contributed by atoms with Crippen molar-refractivity contribution in [3.63, 3.8) is 0 Å². The fourth-order valence-corrected chi connectivity index (χ4v) is 2.85. The van der Waals surface area contributed by atoms with E-state index in [0.29, 0.717) is 16.3 Å². The number of aromatic nitrogens is 1. The number of hydrogen-bond donors (Lipinski definition) is 0. The molecule has 0 aliphatic carbocycles. The number of nitrogens with zero attached hydrogens (tertiary/aromatic N) is 3. The molecule has 7 heteroatoms. The number of thiazole rings is 1. The average molecular weight is 323 g/mol. The van der Waals surface area contributed by atoms with Crippen LogP contribution in [0, 0.1) is 21.4 Å². The van der Waals surface area contributed by atoms with E-state index in [1.807, 2.05) is 24.3 Å². The Labute approximate surface area is 134 Å². The molecule has 112 valence electrons. The molecule has 0 aliphatic heterocycles. The number of nitro groups is 1. The number of allylic oxidation sites excluding steroid dienone is 3. The minimum atomic E-state index is -0.602. The number of nitriles is 1. The van der Waals surface area contributed by atoms with Crippen LogP contribution in [0.4, 0.5) is 5.88 Å². The molecule has 0 fully saturated rings. The van der Waals surface area contributed by atoms with Crippen molar-refractivity contribution in [1.29, 1.82) is 5.26 Å². The standard InChI is InChI=1S/C16H9N3O3S/c17-10-11(16-18-13-6-1-2-7-14(13)23-16)4-3-5-12-8-9-15(22-12)19(20)21/h1-9H. The van der Waals surface area contributed by atoms with E-state index in [1.165, 1.54) is 23.5 Å². The number of hydrogen-bond acceptors (Lipinski definition) is 6. The first-order chi connectivity index (χ1) is 11.2. The van der Waals surface area contributed by atoms with E-state index in [4.69, 9.17) is 4.42 Å². The zero-order chi connectivity index (χ0) is 16.2. The van der Waals surface area contributed by atoms with Gasteiger partial charge >= 0.3 is 5.88 Å². The maximum Gasteiger partial charge on any atom is 0.433 e. The van der Waals surface area contributed by atoms with Crippen molar-refractivity contribution < 1.29 is 9.34 Å². The van der Waals surface area contributed by atoms with Gasteiger partial charge in [-0.1, -0.05) is 18.2 Å². The highest BCUT2D eigenvalue weighted by atomic mass is 32.1. The Morgan fingerprint density at radius 1 is 1.35 bits per heavy atom. The van der Waals surface area contributed by atoms with Crippen LogP contribution < -0.4 is 0 Å². The summed E-state index contributed by atoms with van der Waals surface area (Å²) in [5, 5.41) is 20.4. The Morgan fingerprint density at radius 3 is 2.87 bits per heavy atom. The van der Waals surface area contributed by atoms with Gasteiger partial charge in [0, 0.05) is 0 Å². The molecule has 0 spiro atoms. The van der Waals surface area contributed by atoms with Crippen molar-refractivity contribution in [3.05, 3.63) is 69.4 Å². The molecule has 0 bridgehead atoms. The first-order valence-electron chi connectivity index (χ1n) is 6.56. The molecule has 2 aromatic heterocycles. The molecule has 3 aromatic rings. The maximum absolute atomic E-state index is 10.5. The summed E-state index contributed by atoms with van der Waals surface area (Å²) in [5.74, 6) is 0.0230. The minimum Gasteiger partial charge on any atom is -0.401 e. The van der Waals surface area contributed by atoms with E-state index < -0.39 is 4.92 Å². The van der Waals surface area contributed by atoms with Gasteiger partial charge < -0.3 is 4.42 Å². The van der Waals surface area contributed by atoms with Crippen LogP contribution in [0.1, 0.15) is 10.8 Å². The largest absolute Gasteiger partial charge is 0.433 e. The molecular weight excluding hydrogens is 314 g/mol. The summed E-state index contributed by atoms with van der Waals surface area (Å²) in [4.78, 5) is 14.4. The molecule has 0 atom stereocenters. The van der Waals surface area contributed by atoms with Crippen LogP contribution in [0.2, 0.25) is 0 Å². The number of para-hydroxylation sites is 1. The van der Waals surface area contributed by atoms with Gasteiger partial charge in [0.2, 0.25) is 0 Å². The van der Waals surface area contributed by atoms with E-state index in [2.05, 4.69) is 11.1 Å². The fourth-order valence-electron chi connectivity index (χ4n) is 1.91. The summed E-state index contributed by atoms with van der Waals surface area (Å²) in [7, 11) is 0. The van der Waals surface area contributed by atoms with Gasteiger partial charge in [0.1, 0.15) is 21.8 Å². The lowest BCUT2D eigenvalue weighted by molar-refractivity contribution is -0.402. The predicted octanol–water partition coefficient (Wildman–Crippen LogP) is 4.42. The van der Waals surface area contributed by atoms with Crippen molar-refractivity contribution in [2.45, 2.75) is 0 Å². The maximum atomic E-state index is 10.5. The number of fused-ring (bicyclic) bond motifs is 1. The number of rotatable bonds is 4. The molecule has 0 amide bonds. The molecular formula is C16H9N3O3S. The summed E-state index contributed by atoms with van der Waals surface area (Å²) in [6.45, 7) is 0. The Kier molecular flexibility index (Phi) is 3.99. The normalized spacial score (nSPS) is 11.9. The van der Waals surface area contributed by atoms with Crippen LogP contribution in [0.15, 0.2) is 53.0 Å². The number of benzene rings is 1. The fraction of sp³-hybridized carbons (Fsp3) is 0. The quantitative estimate of drug-likeness (QED) is 0.307. The Morgan fingerprint density at radius 2 is 2.17 bits per heavy atom. The smallest absolute Gasteiger partial charge is 0.401 e. The molecule has 6 nitrogen and oxygen atoms in total. The summed E-state index contributed by atoms with van der Waals surface area (Å²) < 4.78 is 6.01. The van der Waals surface area contributed by atoms with Crippen LogP contribution in [-0.4, -0.2) is 9.91 Å². The lowest BCUT2D eigenvalue weighted by atomic mass is 10.2. The molecule has 1 aromatic carbocycles. The van der Waals surface area contributed by atoms with Crippen LogP contribution in [0.3, 0.4) is 0 Å². The lowest BCUT2D eigenvalue weighted by Gasteiger charge is -1.88. The SMILES string of the molecule is N#CC(=CC=Cc1ccc([N+](=O)[O-])o1)c1nc2ccccc2s1. The Hall–Kier alpha value is -3.24. The number of furan rings is 1. The van der Waals surface area contributed by atoms with Gasteiger partial charge in [0.15, 0.2) is 0 Å². The Bertz CT molecular complexity index is 943. The van der Waals surface area contributed by atoms with Gasteiger partial charge in [-0.25, -0.2) is 4.98 Å². The monoisotopic (exact) mass is 323 g/mol. The van der Waals surface area contributed by atoms with Gasteiger partial charge in [-0.05, 0) is 30.4 Å². The molecule has 0 saturated carbocycles. The van der Waals surface area contributed by atoms with E-state index >= 15 is 0 Å². The molecule has 0 aliphatic rings. The predicted molar refractivity (Wildman–Crippen MR) is 87.6 cm³/mol. The van der Waals surface area contributed by atoms with Crippen molar-refractivity contribution in [1.82, 2.24) is 4.98 Å². The first kappa shape index (κ1) is 14.7. The van der Waals surface area contributed by atoms with Crippen molar-refractivity contribution in [2.24, 2.45) is 0 Å². The van der Waals surface area contributed by atoms with Crippen LogP contribution in [-0.2, 0) is 0 Å². The Balaban J connectivity index is 1.85. The second kappa shape index (κ2) is 6.25. The van der Waals surface area contributed by atoms with Gasteiger partial charge in [0.05, 0.1) is 21.9 Å². The molecule has 0 N–H and O–H groups in total. The van der Waals surface area contributed by atoms with Crippen LogP contribution in [0.25, 0.3) is 21.9 Å². The third kappa shape index (κ3) is 3.17. The zero-order valence-corrected chi connectivity index (χ0v) is 12.5. The lowest BCUT2D eigenvalue weighted by Crippen LogP contribution is -1.82. The highest BCUT2D eigenvalue weighted by molar-refractivity contribution is 7.19. The van der Waals surface area contributed by atoms with Crippen molar-refractivity contribution in [2.75, 3.05) is 0 Å². The van der Waals surface area contributed by atoms with Gasteiger partial charge in [-0.2, -0.15) is 5.26 Å². The molecule has 3 rings (SSSR count). The molecule has 0 radical (unpaired) electrons. The third-order valence-electron chi connectivity index (χ3n) is 2.96. The highest BCUT2D eigenvalue weighted by Gasteiger charge is 2.10. The second-order valence-corrected chi connectivity index (χ2v) is 5.50. The zero-order valence-electron chi connectivity index (χ0n) is 11.7. The van der Waals surface area contributed by atoms with Crippen LogP contribution >= 0.6 is 11.3 Å². The topological polar surface area (TPSA) is 93.0 Å². The van der Waals surface area contributed by atoms with E-state index in [-0.39, 0.29) is 5.88 Å². The van der Waals surface area contributed by atoms with Crippen molar-refractivity contribution >= 4 is 39.1 Å². The summed E-state index contributed by atoms with van der Waals surface area (Å²) >= 11 is 1.44. The van der Waals surface area contributed by atoms with E-state index in [0.717, 1.165) is 10.2 Å². The first-order valence-corrected chi connectivity index (χ1v) is 7.37. The average Bonchev–Trinajstić information content (AvgIpc) is 3.18. The van der Waals surface area contributed by atoms with Gasteiger partial charge in [0.25, 0.3) is 0 Å². The highest BCUT2D eigenvalue weighted by Crippen LogP contribution is 2.26.